The molecule has 1 aliphatic heterocycles. The van der Waals surface area contributed by atoms with Gasteiger partial charge in [0.15, 0.2) is 6.10 Å². The van der Waals surface area contributed by atoms with Crippen LogP contribution in [0.3, 0.4) is 0 Å². The summed E-state index contributed by atoms with van der Waals surface area (Å²) in [5, 5.41) is 0. The Labute approximate surface area is 144 Å². The van der Waals surface area contributed by atoms with Crippen LogP contribution in [0.4, 0.5) is 5.69 Å². The predicted molar refractivity (Wildman–Crippen MR) is 97.7 cm³/mol. The maximum atomic E-state index is 12.7. The van der Waals surface area contributed by atoms with Crippen LogP contribution < -0.4 is 9.64 Å². The summed E-state index contributed by atoms with van der Waals surface area (Å²) in [6.07, 6.45) is 0.409. The number of fused-ring (bicyclic) bond motifs is 1. The molecular formula is C21H25NO2. The summed E-state index contributed by atoms with van der Waals surface area (Å²) in [7, 11) is 0. The molecular weight excluding hydrogens is 298 g/mol. The Kier molecular flexibility index (Phi) is 4.35. The van der Waals surface area contributed by atoms with E-state index >= 15 is 0 Å². The molecule has 0 aromatic heterocycles. The highest BCUT2D eigenvalue weighted by Gasteiger charge is 2.28. The number of ether oxygens (including phenoxy) is 1. The SMILES string of the molecule is C[C@@H](Oc1ccc(C(C)(C)C)cc1)C(=O)N1CCc2ccccc21. The van der Waals surface area contributed by atoms with Crippen LogP contribution >= 0.6 is 0 Å². The number of benzene rings is 2. The van der Waals surface area contributed by atoms with Crippen LogP contribution in [0.2, 0.25) is 0 Å². The topological polar surface area (TPSA) is 29.5 Å². The van der Waals surface area contributed by atoms with Crippen molar-refractivity contribution in [3.63, 3.8) is 0 Å². The van der Waals surface area contributed by atoms with E-state index in [1.165, 1.54) is 11.1 Å². The van der Waals surface area contributed by atoms with Crippen LogP contribution in [-0.2, 0) is 16.6 Å². The van der Waals surface area contributed by atoms with E-state index in [-0.39, 0.29) is 11.3 Å². The van der Waals surface area contributed by atoms with Crippen molar-refractivity contribution in [1.82, 2.24) is 0 Å². The van der Waals surface area contributed by atoms with E-state index in [9.17, 15) is 4.79 Å². The number of rotatable bonds is 3. The zero-order valence-electron chi connectivity index (χ0n) is 14.9. The second-order valence-corrected chi connectivity index (χ2v) is 7.40. The van der Waals surface area contributed by atoms with Gasteiger partial charge < -0.3 is 9.64 Å². The maximum absolute atomic E-state index is 12.7. The quantitative estimate of drug-likeness (QED) is 0.841. The van der Waals surface area contributed by atoms with E-state index in [2.05, 4.69) is 39.0 Å². The highest BCUT2D eigenvalue weighted by Crippen LogP contribution is 2.29. The Hall–Kier alpha value is -2.29. The zero-order chi connectivity index (χ0) is 17.3. The lowest BCUT2D eigenvalue weighted by molar-refractivity contribution is -0.124. The number of nitrogens with zero attached hydrogens (tertiary/aromatic N) is 1. The first-order valence-corrected chi connectivity index (χ1v) is 8.53. The van der Waals surface area contributed by atoms with E-state index < -0.39 is 6.10 Å². The summed E-state index contributed by atoms with van der Waals surface area (Å²) in [6, 6.07) is 16.1. The second kappa shape index (κ2) is 6.31. The number of carbonyl (C=O) groups excluding carboxylic acids is 1. The Morgan fingerprint density at radius 3 is 2.42 bits per heavy atom. The van der Waals surface area contributed by atoms with Gasteiger partial charge in [-0.3, -0.25) is 4.79 Å². The standard InChI is InChI=1S/C21H25NO2/c1-15(24-18-11-9-17(10-12-18)21(2,3)4)20(23)22-14-13-16-7-5-6-8-19(16)22/h5-12,15H,13-14H2,1-4H3/t15-/m1/s1. The van der Waals surface area contributed by atoms with Crippen LogP contribution in [0.5, 0.6) is 5.75 Å². The molecule has 2 aromatic rings. The number of hydrogen-bond acceptors (Lipinski definition) is 2. The molecule has 0 radical (unpaired) electrons. The molecule has 1 atom stereocenters. The van der Waals surface area contributed by atoms with Crippen molar-refractivity contribution in [3.05, 3.63) is 59.7 Å². The highest BCUT2D eigenvalue weighted by atomic mass is 16.5. The first kappa shape index (κ1) is 16.6. The first-order valence-electron chi connectivity index (χ1n) is 8.53. The molecule has 0 saturated carbocycles. The van der Waals surface area contributed by atoms with Gasteiger partial charge in [-0.15, -0.1) is 0 Å². The third-order valence-corrected chi connectivity index (χ3v) is 4.53. The van der Waals surface area contributed by atoms with E-state index in [0.717, 1.165) is 24.4 Å². The molecule has 0 aliphatic carbocycles. The average Bonchev–Trinajstić information content (AvgIpc) is 2.97. The molecule has 0 saturated heterocycles. The smallest absolute Gasteiger partial charge is 0.267 e. The normalized spacial score (nSPS) is 15.1. The maximum Gasteiger partial charge on any atom is 0.267 e. The molecule has 126 valence electrons. The molecule has 1 aliphatic rings. The van der Waals surface area contributed by atoms with Gasteiger partial charge in [-0.2, -0.15) is 0 Å². The van der Waals surface area contributed by atoms with Crippen LogP contribution in [0.25, 0.3) is 0 Å². The predicted octanol–water partition coefficient (Wildman–Crippen LogP) is 4.34. The molecule has 0 N–H and O–H groups in total. The number of amides is 1. The van der Waals surface area contributed by atoms with Gasteiger partial charge in [0.25, 0.3) is 5.91 Å². The van der Waals surface area contributed by atoms with E-state index in [1.807, 2.05) is 42.2 Å². The van der Waals surface area contributed by atoms with E-state index in [1.54, 1.807) is 0 Å². The molecule has 2 aromatic carbocycles. The lowest BCUT2D eigenvalue weighted by Crippen LogP contribution is -2.39. The largest absolute Gasteiger partial charge is 0.481 e. The van der Waals surface area contributed by atoms with Crippen molar-refractivity contribution in [2.45, 2.75) is 45.6 Å². The summed E-state index contributed by atoms with van der Waals surface area (Å²) in [6.45, 7) is 9.09. The van der Waals surface area contributed by atoms with Gasteiger partial charge in [0.1, 0.15) is 5.75 Å². The molecule has 1 amide bonds. The molecule has 0 bridgehead atoms. The van der Waals surface area contributed by atoms with Crippen molar-refractivity contribution in [3.8, 4) is 5.75 Å². The Bertz CT molecular complexity index is 728. The fraction of sp³-hybridized carbons (Fsp3) is 0.381. The van der Waals surface area contributed by atoms with Gasteiger partial charge in [0, 0.05) is 12.2 Å². The number of anilines is 1. The lowest BCUT2D eigenvalue weighted by Gasteiger charge is -2.23. The van der Waals surface area contributed by atoms with Crippen LogP contribution in [0, 0.1) is 0 Å². The van der Waals surface area contributed by atoms with E-state index in [0.29, 0.717) is 0 Å². The second-order valence-electron chi connectivity index (χ2n) is 7.40. The minimum absolute atomic E-state index is 0.0137. The Morgan fingerprint density at radius 1 is 1.08 bits per heavy atom. The van der Waals surface area contributed by atoms with Crippen molar-refractivity contribution in [1.29, 1.82) is 0 Å². The third-order valence-electron chi connectivity index (χ3n) is 4.53. The number of carbonyl (C=O) groups is 1. The van der Waals surface area contributed by atoms with Crippen molar-refractivity contribution in [2.75, 3.05) is 11.4 Å². The van der Waals surface area contributed by atoms with Crippen molar-refractivity contribution >= 4 is 11.6 Å². The fourth-order valence-corrected chi connectivity index (χ4v) is 3.07. The summed E-state index contributed by atoms with van der Waals surface area (Å²) in [5.74, 6) is 0.746. The van der Waals surface area contributed by atoms with Crippen molar-refractivity contribution in [2.24, 2.45) is 0 Å². The fourth-order valence-electron chi connectivity index (χ4n) is 3.07. The molecule has 0 spiro atoms. The molecule has 3 nitrogen and oxygen atoms in total. The Morgan fingerprint density at radius 2 is 1.75 bits per heavy atom. The molecule has 3 rings (SSSR count). The van der Waals surface area contributed by atoms with Gasteiger partial charge in [-0.05, 0) is 48.1 Å². The van der Waals surface area contributed by atoms with Crippen LogP contribution in [0.1, 0.15) is 38.8 Å². The zero-order valence-corrected chi connectivity index (χ0v) is 14.9. The summed E-state index contributed by atoms with van der Waals surface area (Å²) < 4.78 is 5.88. The van der Waals surface area contributed by atoms with Crippen LogP contribution in [0.15, 0.2) is 48.5 Å². The van der Waals surface area contributed by atoms with Gasteiger partial charge in [-0.1, -0.05) is 51.1 Å². The van der Waals surface area contributed by atoms with Crippen LogP contribution in [-0.4, -0.2) is 18.6 Å². The monoisotopic (exact) mass is 323 g/mol. The van der Waals surface area contributed by atoms with Gasteiger partial charge in [-0.25, -0.2) is 0 Å². The Balaban J connectivity index is 1.69. The molecule has 24 heavy (non-hydrogen) atoms. The molecule has 0 unspecified atom stereocenters. The molecule has 3 heteroatoms. The van der Waals surface area contributed by atoms with E-state index in [4.69, 9.17) is 4.74 Å². The lowest BCUT2D eigenvalue weighted by atomic mass is 9.87. The third kappa shape index (κ3) is 3.30. The average molecular weight is 323 g/mol. The first-order chi connectivity index (χ1) is 11.4. The number of para-hydroxylation sites is 1. The number of hydrogen-bond donors (Lipinski definition) is 0. The minimum Gasteiger partial charge on any atom is -0.481 e. The van der Waals surface area contributed by atoms with Gasteiger partial charge in [0.2, 0.25) is 0 Å². The minimum atomic E-state index is -0.503. The summed E-state index contributed by atoms with van der Waals surface area (Å²) in [5.41, 5.74) is 3.61. The van der Waals surface area contributed by atoms with Gasteiger partial charge in [0.05, 0.1) is 0 Å². The van der Waals surface area contributed by atoms with Gasteiger partial charge >= 0.3 is 0 Å². The molecule has 1 heterocycles. The highest BCUT2D eigenvalue weighted by molar-refractivity contribution is 5.98. The summed E-state index contributed by atoms with van der Waals surface area (Å²) in [4.78, 5) is 14.6. The molecule has 0 fully saturated rings. The van der Waals surface area contributed by atoms with Crippen molar-refractivity contribution < 1.29 is 9.53 Å². The summed E-state index contributed by atoms with van der Waals surface area (Å²) >= 11 is 0.